The Balaban J connectivity index is 0.000000450. The zero-order valence-electron chi connectivity index (χ0n) is 23.2. The zero-order valence-corrected chi connectivity index (χ0v) is 23.2. The lowest BCUT2D eigenvalue weighted by atomic mass is 9.69. The second-order valence-electron chi connectivity index (χ2n) is 9.49. The fourth-order valence-corrected chi connectivity index (χ4v) is 6.94. The quantitative estimate of drug-likeness (QED) is 0.312. The molecule has 0 radical (unpaired) electrons. The Hall–Kier alpha value is -2.86. The Morgan fingerprint density at radius 3 is 1.91 bits per heavy atom. The van der Waals surface area contributed by atoms with Gasteiger partial charge < -0.3 is 0 Å². The molecule has 4 aliphatic carbocycles. The maximum Gasteiger partial charge on any atom is 0.0722 e. The molecule has 0 aliphatic heterocycles. The van der Waals surface area contributed by atoms with Crippen molar-refractivity contribution in [1.82, 2.24) is 0 Å². The van der Waals surface area contributed by atoms with E-state index < -0.39 is 0 Å². The van der Waals surface area contributed by atoms with E-state index in [0.717, 1.165) is 11.8 Å². The van der Waals surface area contributed by atoms with Crippen molar-refractivity contribution in [2.24, 2.45) is 17.8 Å². The Morgan fingerprint density at radius 2 is 1.26 bits per heavy atom. The van der Waals surface area contributed by atoms with E-state index in [1.54, 1.807) is 11.1 Å². The molecule has 0 N–H and O–H groups in total. The lowest BCUT2D eigenvalue weighted by Gasteiger charge is -2.32. The lowest BCUT2D eigenvalue weighted by Crippen LogP contribution is -2.27. The Kier molecular flexibility index (Phi) is 6.96. The first-order valence-electron chi connectivity index (χ1n) is 13.9. The molecule has 0 heterocycles. The Bertz CT molecular complexity index is 1300. The van der Waals surface area contributed by atoms with Crippen molar-refractivity contribution in [3.63, 3.8) is 0 Å². The van der Waals surface area contributed by atoms with Crippen LogP contribution in [0, 0.1) is 31.6 Å². The van der Waals surface area contributed by atoms with Crippen LogP contribution in [0.1, 0.15) is 81.8 Å². The second-order valence-corrected chi connectivity index (χ2v) is 9.49. The van der Waals surface area contributed by atoms with Crippen LogP contribution in [0.5, 0.6) is 0 Å². The van der Waals surface area contributed by atoms with Crippen LogP contribution in [0.4, 0.5) is 0 Å². The minimum Gasteiger partial charge on any atom is -0.0802 e. The van der Waals surface area contributed by atoms with Crippen LogP contribution in [0.3, 0.4) is 0 Å². The van der Waals surface area contributed by atoms with Crippen LogP contribution in [0.2, 0.25) is 0 Å². The third-order valence-electron chi connectivity index (χ3n) is 8.07. The summed E-state index contributed by atoms with van der Waals surface area (Å²) >= 11 is 0. The van der Waals surface area contributed by atoms with Crippen LogP contribution < -0.4 is 0 Å². The number of allylic oxidation sites excluding steroid dienone is 4. The van der Waals surface area contributed by atoms with Crippen molar-refractivity contribution in [2.75, 3.05) is 0 Å². The first-order chi connectivity index (χ1) is 17.1. The van der Waals surface area contributed by atoms with Crippen molar-refractivity contribution in [2.45, 2.75) is 67.7 Å². The number of hydrogen-bond donors (Lipinski definition) is 0. The monoisotopic (exact) mass is 462 g/mol. The van der Waals surface area contributed by atoms with Crippen molar-refractivity contribution in [3.05, 3.63) is 112 Å². The average Bonchev–Trinajstić information content (AvgIpc) is 3.34. The third-order valence-corrected chi connectivity index (χ3v) is 8.07. The van der Waals surface area contributed by atoms with Crippen LogP contribution in [0.25, 0.3) is 16.7 Å². The highest BCUT2D eigenvalue weighted by atomic mass is 14.6. The summed E-state index contributed by atoms with van der Waals surface area (Å²) in [6.45, 7) is 19.0. The molecular formula is C35H42. The van der Waals surface area contributed by atoms with E-state index in [0.29, 0.717) is 5.92 Å². The van der Waals surface area contributed by atoms with Crippen LogP contribution in [-0.2, 0) is 5.41 Å². The minimum atomic E-state index is -0.154. The summed E-state index contributed by atoms with van der Waals surface area (Å²) in [5.74, 6) is 2.18. The smallest absolute Gasteiger partial charge is 0.0722 e. The number of aryl methyl sites for hydroxylation is 2. The molecule has 7 rings (SSSR count). The van der Waals surface area contributed by atoms with Gasteiger partial charge >= 0.3 is 0 Å². The van der Waals surface area contributed by atoms with Gasteiger partial charge in [-0.2, -0.15) is 0 Å². The van der Waals surface area contributed by atoms with Gasteiger partial charge in [0.05, 0.1) is 5.41 Å². The van der Waals surface area contributed by atoms with Gasteiger partial charge in [0.15, 0.2) is 0 Å². The number of hydrogen-bond acceptors (Lipinski definition) is 0. The van der Waals surface area contributed by atoms with Gasteiger partial charge in [-0.15, -0.1) is 0 Å². The maximum absolute atomic E-state index is 2.51. The van der Waals surface area contributed by atoms with Gasteiger partial charge in [-0.3, -0.25) is 0 Å². The second kappa shape index (κ2) is 9.65. The highest BCUT2D eigenvalue weighted by Gasteiger charge is 2.59. The standard InChI is InChI=1S/C29H24.3C2H6/c1-16-14-17(2)26-20-8-4-6-10-22(20)29(25(26)15-16)23-11-7-5-9-21(23)28-24(29)13-12-19-18(3)27(19)28;3*1-2/h4-15,18-19,27H,1-3H3;3*1-2H3. The van der Waals surface area contributed by atoms with Gasteiger partial charge in [0.1, 0.15) is 0 Å². The molecule has 182 valence electrons. The molecule has 1 spiro atoms. The lowest BCUT2D eigenvalue weighted by molar-refractivity contribution is 0.777. The topological polar surface area (TPSA) is 0 Å². The molecule has 0 amide bonds. The molecular weight excluding hydrogens is 420 g/mol. The average molecular weight is 463 g/mol. The summed E-state index contributed by atoms with van der Waals surface area (Å²) in [7, 11) is 0. The summed E-state index contributed by atoms with van der Waals surface area (Å²) in [5.41, 5.74) is 14.6. The van der Waals surface area contributed by atoms with E-state index in [2.05, 4.69) is 93.6 Å². The van der Waals surface area contributed by atoms with Gasteiger partial charge in [0.2, 0.25) is 0 Å². The molecule has 4 unspecified atom stereocenters. The summed E-state index contributed by atoms with van der Waals surface area (Å²) in [6.07, 6.45) is 4.99. The highest BCUT2D eigenvalue weighted by Crippen LogP contribution is 2.69. The maximum atomic E-state index is 2.51. The van der Waals surface area contributed by atoms with Crippen molar-refractivity contribution in [3.8, 4) is 11.1 Å². The van der Waals surface area contributed by atoms with Gasteiger partial charge in [-0.1, -0.05) is 127 Å². The summed E-state index contributed by atoms with van der Waals surface area (Å²) in [4.78, 5) is 0. The normalized spacial score (nSPS) is 24.9. The molecule has 4 aliphatic rings. The molecule has 1 fully saturated rings. The predicted octanol–water partition coefficient (Wildman–Crippen LogP) is 9.92. The molecule has 0 nitrogen and oxygen atoms in total. The van der Waals surface area contributed by atoms with E-state index in [1.165, 1.54) is 44.5 Å². The molecule has 3 aromatic carbocycles. The number of rotatable bonds is 0. The van der Waals surface area contributed by atoms with E-state index in [1.807, 2.05) is 41.5 Å². The molecule has 4 atom stereocenters. The van der Waals surface area contributed by atoms with Crippen LogP contribution >= 0.6 is 0 Å². The first-order valence-corrected chi connectivity index (χ1v) is 13.9. The van der Waals surface area contributed by atoms with Gasteiger partial charge in [-0.25, -0.2) is 0 Å². The zero-order chi connectivity index (χ0) is 25.5. The predicted molar refractivity (Wildman–Crippen MR) is 154 cm³/mol. The van der Waals surface area contributed by atoms with E-state index in [9.17, 15) is 0 Å². The number of benzene rings is 3. The van der Waals surface area contributed by atoms with Crippen molar-refractivity contribution >= 4 is 5.57 Å². The summed E-state index contributed by atoms with van der Waals surface area (Å²) in [5, 5.41) is 0. The highest BCUT2D eigenvalue weighted by molar-refractivity contribution is 5.98. The fraction of sp³-hybridized carbons (Fsp3) is 0.371. The Labute approximate surface area is 213 Å². The Morgan fingerprint density at radius 1 is 0.686 bits per heavy atom. The third kappa shape index (κ3) is 3.25. The summed E-state index contributed by atoms with van der Waals surface area (Å²) < 4.78 is 0. The van der Waals surface area contributed by atoms with E-state index in [4.69, 9.17) is 0 Å². The van der Waals surface area contributed by atoms with Gasteiger partial charge in [0.25, 0.3) is 0 Å². The molecule has 0 aromatic heterocycles. The largest absolute Gasteiger partial charge is 0.0802 e. The molecule has 1 saturated carbocycles. The fourth-order valence-electron chi connectivity index (χ4n) is 6.94. The molecule has 35 heavy (non-hydrogen) atoms. The van der Waals surface area contributed by atoms with Crippen molar-refractivity contribution in [1.29, 1.82) is 0 Å². The van der Waals surface area contributed by atoms with Gasteiger partial charge in [0, 0.05) is 0 Å². The minimum absolute atomic E-state index is 0.154. The first kappa shape index (κ1) is 25.2. The molecule has 3 aromatic rings. The van der Waals surface area contributed by atoms with E-state index >= 15 is 0 Å². The molecule has 0 bridgehead atoms. The SMILES string of the molecule is CC.CC.CC.Cc1cc(C)c2c(c1)C1(C3=C(c4ccccc41)C1C(C)C1C=C3)c1ccccc1-2. The summed E-state index contributed by atoms with van der Waals surface area (Å²) in [6, 6.07) is 23.2. The molecule has 0 saturated heterocycles. The number of fused-ring (bicyclic) bond motifs is 11. The molecule has 0 heteroatoms. The van der Waals surface area contributed by atoms with Crippen molar-refractivity contribution < 1.29 is 0 Å². The van der Waals surface area contributed by atoms with Gasteiger partial charge in [-0.05, 0) is 81.7 Å². The van der Waals surface area contributed by atoms with Crippen LogP contribution in [0.15, 0.2) is 78.4 Å². The van der Waals surface area contributed by atoms with Crippen LogP contribution in [-0.4, -0.2) is 0 Å². The van der Waals surface area contributed by atoms with E-state index in [-0.39, 0.29) is 5.41 Å².